The Morgan fingerprint density at radius 3 is 2.82 bits per heavy atom. The molecule has 0 fully saturated rings. The molecule has 2 aromatic heterocycles. The molecule has 2 heterocycles. The lowest BCUT2D eigenvalue weighted by Crippen LogP contribution is -2.22. The van der Waals surface area contributed by atoms with E-state index >= 15 is 0 Å². The molecule has 0 aliphatic rings. The Balaban J connectivity index is 2.45. The van der Waals surface area contributed by atoms with Gasteiger partial charge in [0.1, 0.15) is 5.69 Å². The standard InChI is InChI=1S/C12H16N4O/c1-13-11(9-6-4-5-7-14-9)12-10(17-3)8-15-16(12)2/h4-8,11,13H,1-3H3. The largest absolute Gasteiger partial charge is 0.493 e. The first-order valence-corrected chi connectivity index (χ1v) is 5.42. The zero-order chi connectivity index (χ0) is 12.3. The third kappa shape index (κ3) is 2.14. The molecule has 0 saturated heterocycles. The predicted molar refractivity (Wildman–Crippen MR) is 64.9 cm³/mol. The SMILES string of the molecule is CNC(c1ccccn1)c1c(OC)cnn1C. The van der Waals surface area contributed by atoms with Gasteiger partial charge in [-0.2, -0.15) is 5.10 Å². The van der Waals surface area contributed by atoms with Gasteiger partial charge in [0.15, 0.2) is 5.75 Å². The van der Waals surface area contributed by atoms with Gasteiger partial charge in [0.05, 0.1) is 25.0 Å². The minimum atomic E-state index is -0.0290. The molecular formula is C12H16N4O. The fourth-order valence-corrected chi connectivity index (χ4v) is 1.88. The second-order valence-corrected chi connectivity index (χ2v) is 3.70. The van der Waals surface area contributed by atoms with Crippen LogP contribution in [0.25, 0.3) is 0 Å². The van der Waals surface area contributed by atoms with E-state index in [0.717, 1.165) is 17.1 Å². The number of pyridine rings is 1. The van der Waals surface area contributed by atoms with Gasteiger partial charge in [-0.25, -0.2) is 0 Å². The number of aryl methyl sites for hydroxylation is 1. The van der Waals surface area contributed by atoms with Crippen molar-refractivity contribution in [2.45, 2.75) is 6.04 Å². The van der Waals surface area contributed by atoms with Gasteiger partial charge in [0.2, 0.25) is 0 Å². The highest BCUT2D eigenvalue weighted by Crippen LogP contribution is 2.27. The van der Waals surface area contributed by atoms with Gasteiger partial charge in [-0.3, -0.25) is 9.67 Å². The van der Waals surface area contributed by atoms with E-state index in [0.29, 0.717) is 0 Å². The molecule has 2 aromatic rings. The molecule has 2 rings (SSSR count). The molecule has 0 aromatic carbocycles. The molecule has 17 heavy (non-hydrogen) atoms. The third-order valence-electron chi connectivity index (χ3n) is 2.71. The van der Waals surface area contributed by atoms with Gasteiger partial charge in [-0.05, 0) is 19.2 Å². The highest BCUT2D eigenvalue weighted by molar-refractivity contribution is 5.33. The highest BCUT2D eigenvalue weighted by atomic mass is 16.5. The van der Waals surface area contributed by atoms with Gasteiger partial charge in [0, 0.05) is 13.2 Å². The van der Waals surface area contributed by atoms with Crippen LogP contribution in [0.5, 0.6) is 5.75 Å². The Hall–Kier alpha value is -1.88. The summed E-state index contributed by atoms with van der Waals surface area (Å²) in [5, 5.41) is 7.44. The van der Waals surface area contributed by atoms with Crippen LogP contribution in [0.15, 0.2) is 30.6 Å². The minimum absolute atomic E-state index is 0.0290. The first-order chi connectivity index (χ1) is 8.27. The van der Waals surface area contributed by atoms with E-state index in [2.05, 4.69) is 15.4 Å². The molecule has 5 heteroatoms. The Morgan fingerprint density at radius 2 is 2.24 bits per heavy atom. The van der Waals surface area contributed by atoms with Crippen LogP contribution in [0.3, 0.4) is 0 Å². The summed E-state index contributed by atoms with van der Waals surface area (Å²) < 4.78 is 7.12. The first-order valence-electron chi connectivity index (χ1n) is 5.42. The van der Waals surface area contributed by atoms with Gasteiger partial charge in [-0.1, -0.05) is 6.07 Å². The van der Waals surface area contributed by atoms with Crippen LogP contribution in [0, 0.1) is 0 Å². The van der Waals surface area contributed by atoms with Gasteiger partial charge < -0.3 is 10.1 Å². The van der Waals surface area contributed by atoms with Crippen molar-refractivity contribution in [2.75, 3.05) is 14.2 Å². The van der Waals surface area contributed by atoms with Crippen LogP contribution in [-0.4, -0.2) is 28.9 Å². The summed E-state index contributed by atoms with van der Waals surface area (Å²) in [6.07, 6.45) is 3.49. The van der Waals surface area contributed by atoms with Crippen LogP contribution in [0.2, 0.25) is 0 Å². The summed E-state index contributed by atoms with van der Waals surface area (Å²) in [7, 11) is 5.43. The maximum atomic E-state index is 5.32. The lowest BCUT2D eigenvalue weighted by molar-refractivity contribution is 0.402. The highest BCUT2D eigenvalue weighted by Gasteiger charge is 2.21. The molecule has 1 N–H and O–H groups in total. The van der Waals surface area contributed by atoms with Crippen molar-refractivity contribution >= 4 is 0 Å². The summed E-state index contributed by atoms with van der Waals surface area (Å²) >= 11 is 0. The molecule has 0 bridgehead atoms. The van der Waals surface area contributed by atoms with E-state index in [1.807, 2.05) is 32.3 Å². The van der Waals surface area contributed by atoms with Crippen LogP contribution in [0.4, 0.5) is 0 Å². The van der Waals surface area contributed by atoms with Crippen molar-refractivity contribution < 1.29 is 4.74 Å². The molecule has 0 aliphatic heterocycles. The second kappa shape index (κ2) is 4.97. The molecule has 1 atom stereocenters. The predicted octanol–water partition coefficient (Wildman–Crippen LogP) is 1.13. The van der Waals surface area contributed by atoms with Gasteiger partial charge >= 0.3 is 0 Å². The van der Waals surface area contributed by atoms with Crippen LogP contribution >= 0.6 is 0 Å². The maximum absolute atomic E-state index is 5.32. The summed E-state index contributed by atoms with van der Waals surface area (Å²) in [4.78, 5) is 4.36. The number of nitrogens with zero attached hydrogens (tertiary/aromatic N) is 3. The van der Waals surface area contributed by atoms with Crippen molar-refractivity contribution in [1.29, 1.82) is 0 Å². The molecular weight excluding hydrogens is 216 g/mol. The topological polar surface area (TPSA) is 52.0 Å². The van der Waals surface area contributed by atoms with E-state index in [-0.39, 0.29) is 6.04 Å². The number of nitrogens with one attached hydrogen (secondary N) is 1. The quantitative estimate of drug-likeness (QED) is 0.858. The fourth-order valence-electron chi connectivity index (χ4n) is 1.88. The zero-order valence-corrected chi connectivity index (χ0v) is 10.2. The molecule has 90 valence electrons. The first kappa shape index (κ1) is 11.6. The molecule has 5 nitrogen and oxygen atoms in total. The lowest BCUT2D eigenvalue weighted by atomic mass is 10.1. The molecule has 0 radical (unpaired) electrons. The number of rotatable bonds is 4. The van der Waals surface area contributed by atoms with Crippen molar-refractivity contribution in [3.8, 4) is 5.75 Å². The Labute approximate surface area is 100 Å². The molecule has 0 spiro atoms. The van der Waals surface area contributed by atoms with Crippen LogP contribution in [0.1, 0.15) is 17.4 Å². The summed E-state index contributed by atoms with van der Waals surface area (Å²) in [5.41, 5.74) is 1.91. The smallest absolute Gasteiger partial charge is 0.161 e. The number of hydrogen-bond acceptors (Lipinski definition) is 4. The third-order valence-corrected chi connectivity index (χ3v) is 2.71. The molecule has 0 saturated carbocycles. The Kier molecular flexibility index (Phi) is 3.39. The number of ether oxygens (including phenoxy) is 1. The lowest BCUT2D eigenvalue weighted by Gasteiger charge is -2.17. The van der Waals surface area contributed by atoms with E-state index < -0.39 is 0 Å². The maximum Gasteiger partial charge on any atom is 0.161 e. The van der Waals surface area contributed by atoms with E-state index in [1.54, 1.807) is 24.2 Å². The van der Waals surface area contributed by atoms with Crippen LogP contribution in [-0.2, 0) is 7.05 Å². The van der Waals surface area contributed by atoms with Crippen molar-refractivity contribution in [3.63, 3.8) is 0 Å². The van der Waals surface area contributed by atoms with Crippen molar-refractivity contribution in [2.24, 2.45) is 7.05 Å². The number of methoxy groups -OCH3 is 1. The summed E-state index contributed by atoms with van der Waals surface area (Å²) in [6, 6.07) is 5.82. The monoisotopic (exact) mass is 232 g/mol. The van der Waals surface area contributed by atoms with Gasteiger partial charge in [0.25, 0.3) is 0 Å². The number of aromatic nitrogens is 3. The molecule has 0 aliphatic carbocycles. The van der Waals surface area contributed by atoms with Gasteiger partial charge in [-0.15, -0.1) is 0 Å². The van der Waals surface area contributed by atoms with E-state index in [1.165, 1.54) is 0 Å². The summed E-state index contributed by atoms with van der Waals surface area (Å²) in [6.45, 7) is 0. The van der Waals surface area contributed by atoms with Crippen LogP contribution < -0.4 is 10.1 Å². The normalized spacial score (nSPS) is 12.4. The second-order valence-electron chi connectivity index (χ2n) is 3.70. The van der Waals surface area contributed by atoms with E-state index in [4.69, 9.17) is 4.74 Å². The fraction of sp³-hybridized carbons (Fsp3) is 0.333. The Bertz CT molecular complexity index is 481. The number of hydrogen-bond donors (Lipinski definition) is 1. The van der Waals surface area contributed by atoms with Crippen molar-refractivity contribution in [3.05, 3.63) is 42.0 Å². The molecule has 0 amide bonds. The zero-order valence-electron chi connectivity index (χ0n) is 10.2. The summed E-state index contributed by atoms with van der Waals surface area (Å²) in [5.74, 6) is 0.762. The average Bonchev–Trinajstić information content (AvgIpc) is 2.74. The minimum Gasteiger partial charge on any atom is -0.493 e. The van der Waals surface area contributed by atoms with E-state index in [9.17, 15) is 0 Å². The molecule has 1 unspecified atom stereocenters. The average molecular weight is 232 g/mol. The van der Waals surface area contributed by atoms with Crippen molar-refractivity contribution in [1.82, 2.24) is 20.1 Å². The Morgan fingerprint density at radius 1 is 1.41 bits per heavy atom.